The van der Waals surface area contributed by atoms with Gasteiger partial charge >= 0.3 is 0 Å². The van der Waals surface area contributed by atoms with Crippen molar-refractivity contribution >= 4 is 38.9 Å². The van der Waals surface area contributed by atoms with Gasteiger partial charge in [0.05, 0.1) is 11.0 Å². The monoisotopic (exact) mass is 869 g/mol. The summed E-state index contributed by atoms with van der Waals surface area (Å²) in [6, 6.07) is 92.0. The highest BCUT2D eigenvalue weighted by Crippen LogP contribution is 2.42. The van der Waals surface area contributed by atoms with E-state index in [1.54, 1.807) is 0 Å². The molecular formula is C63H43N5. The molecule has 5 heteroatoms. The molecule has 320 valence electrons. The lowest BCUT2D eigenvalue weighted by Crippen LogP contribution is -2.10. The van der Waals surface area contributed by atoms with Gasteiger partial charge in [-0.2, -0.15) is 9.97 Å². The molecule has 0 atom stereocenters. The van der Waals surface area contributed by atoms with Crippen LogP contribution in [-0.4, -0.2) is 19.5 Å². The topological polar surface area (TPSA) is 46.8 Å². The van der Waals surface area contributed by atoms with Gasteiger partial charge in [0.1, 0.15) is 0 Å². The van der Waals surface area contributed by atoms with Gasteiger partial charge in [-0.3, -0.25) is 4.57 Å². The summed E-state index contributed by atoms with van der Waals surface area (Å²) in [6.07, 6.45) is 0. The molecule has 10 aromatic carbocycles. The van der Waals surface area contributed by atoms with Crippen molar-refractivity contribution in [3.63, 3.8) is 0 Å². The van der Waals surface area contributed by atoms with Gasteiger partial charge in [0.15, 0.2) is 11.6 Å². The largest absolute Gasteiger partial charge is 0.310 e. The molecule has 0 saturated heterocycles. The number of fused-ring (bicyclic) bond motifs is 3. The van der Waals surface area contributed by atoms with Crippen LogP contribution in [-0.2, 0) is 0 Å². The minimum absolute atomic E-state index is 0.538. The number of nitrogens with zero attached hydrogens (tertiary/aromatic N) is 5. The van der Waals surface area contributed by atoms with E-state index < -0.39 is 0 Å². The SMILES string of the molecule is c1ccc(-c2ccc(-c3ccc4c5ccc(N(c6ccc(-c7ccccc7)cc6)c6cccc(-c7ccccc7)c6)cc5n(-c5nc(-c6ccccc6)nc(-c6ccccc6)n5)c4c3)cc2)cc1. The van der Waals surface area contributed by atoms with Gasteiger partial charge in [-0.15, -0.1) is 0 Å². The molecule has 0 fully saturated rings. The van der Waals surface area contributed by atoms with E-state index in [0.29, 0.717) is 17.6 Å². The predicted octanol–water partition coefficient (Wildman–Crippen LogP) is 16.4. The Balaban J connectivity index is 1.09. The van der Waals surface area contributed by atoms with Gasteiger partial charge in [-0.25, -0.2) is 4.98 Å². The Hall–Kier alpha value is -9.19. The summed E-state index contributed by atoms with van der Waals surface area (Å²) in [5.41, 5.74) is 16.1. The molecule has 0 aliphatic heterocycles. The van der Waals surface area contributed by atoms with Gasteiger partial charge in [0.2, 0.25) is 5.95 Å². The van der Waals surface area contributed by atoms with Gasteiger partial charge in [0.25, 0.3) is 0 Å². The fourth-order valence-corrected chi connectivity index (χ4v) is 9.26. The second-order valence-electron chi connectivity index (χ2n) is 16.9. The summed E-state index contributed by atoms with van der Waals surface area (Å²) in [5, 5.41) is 2.19. The zero-order chi connectivity index (χ0) is 45.2. The standard InChI is InChI=1S/C63H43N5/c1-6-17-44(18-7-1)47-29-31-49(32-30-47)53-35-39-57-58-40-38-56(43-60(58)68(59(57)42-53)63-65-61(50-23-12-4-13-24-50)64-62(66-63)51-25-14-5-15-26-51)67(54-36-33-48(34-37-54)45-19-8-2-9-20-45)55-28-16-27-52(41-55)46-21-10-3-11-22-46/h1-43H. The van der Waals surface area contributed by atoms with Crippen molar-refractivity contribution in [2.45, 2.75) is 0 Å². The number of anilines is 3. The van der Waals surface area contributed by atoms with Crippen LogP contribution < -0.4 is 4.90 Å². The molecule has 0 spiro atoms. The maximum Gasteiger partial charge on any atom is 0.238 e. The third-order valence-corrected chi connectivity index (χ3v) is 12.7. The number of benzene rings is 10. The average molecular weight is 870 g/mol. The Morgan fingerprint density at radius 2 is 0.603 bits per heavy atom. The predicted molar refractivity (Wildman–Crippen MR) is 281 cm³/mol. The first-order valence-corrected chi connectivity index (χ1v) is 22.9. The van der Waals surface area contributed by atoms with Crippen LogP contribution in [0.5, 0.6) is 0 Å². The molecular weight excluding hydrogens is 827 g/mol. The lowest BCUT2D eigenvalue weighted by atomic mass is 9.99. The first-order chi connectivity index (χ1) is 33.7. The molecule has 0 amide bonds. The number of hydrogen-bond donors (Lipinski definition) is 0. The molecule has 12 rings (SSSR count). The van der Waals surface area contributed by atoms with Crippen molar-refractivity contribution < 1.29 is 0 Å². The van der Waals surface area contributed by atoms with Crippen molar-refractivity contribution in [3.8, 4) is 73.2 Å². The zero-order valence-electron chi connectivity index (χ0n) is 37.1. The third kappa shape index (κ3) is 7.78. The molecule has 0 N–H and O–H groups in total. The normalized spacial score (nSPS) is 11.2. The van der Waals surface area contributed by atoms with E-state index in [4.69, 9.17) is 15.0 Å². The van der Waals surface area contributed by atoms with Crippen LogP contribution in [0.15, 0.2) is 261 Å². The van der Waals surface area contributed by atoms with Gasteiger partial charge < -0.3 is 4.90 Å². The molecule has 0 saturated carbocycles. The summed E-state index contributed by atoms with van der Waals surface area (Å²) in [7, 11) is 0. The second kappa shape index (κ2) is 17.7. The van der Waals surface area contributed by atoms with Crippen LogP contribution in [0, 0.1) is 0 Å². The number of hydrogen-bond acceptors (Lipinski definition) is 4. The fraction of sp³-hybridized carbons (Fsp3) is 0. The van der Waals surface area contributed by atoms with Gasteiger partial charge in [-0.1, -0.05) is 218 Å². The molecule has 0 aliphatic rings. The van der Waals surface area contributed by atoms with Crippen LogP contribution in [0.3, 0.4) is 0 Å². The summed E-state index contributed by atoms with van der Waals surface area (Å²) in [6.45, 7) is 0. The van der Waals surface area contributed by atoms with Crippen molar-refractivity contribution in [1.29, 1.82) is 0 Å². The van der Waals surface area contributed by atoms with Crippen molar-refractivity contribution in [2.75, 3.05) is 4.90 Å². The Morgan fingerprint density at radius 1 is 0.250 bits per heavy atom. The van der Waals surface area contributed by atoms with Crippen LogP contribution in [0.2, 0.25) is 0 Å². The van der Waals surface area contributed by atoms with Crippen LogP contribution in [0.1, 0.15) is 0 Å². The van der Waals surface area contributed by atoms with Gasteiger partial charge in [0, 0.05) is 39.0 Å². The Kier molecular flexibility index (Phi) is 10.5. The molecule has 0 unspecified atom stereocenters. The minimum Gasteiger partial charge on any atom is -0.310 e. The highest BCUT2D eigenvalue weighted by Gasteiger charge is 2.22. The second-order valence-corrected chi connectivity index (χ2v) is 16.9. The van der Waals surface area contributed by atoms with Crippen molar-refractivity contribution in [2.24, 2.45) is 0 Å². The van der Waals surface area contributed by atoms with Crippen LogP contribution in [0.25, 0.3) is 95.0 Å². The maximum atomic E-state index is 5.32. The lowest BCUT2D eigenvalue weighted by molar-refractivity contribution is 0.953. The summed E-state index contributed by atoms with van der Waals surface area (Å²) in [5.74, 6) is 1.74. The van der Waals surface area contributed by atoms with E-state index in [0.717, 1.165) is 77.8 Å². The van der Waals surface area contributed by atoms with E-state index >= 15 is 0 Å². The lowest BCUT2D eigenvalue weighted by Gasteiger charge is -2.26. The average Bonchev–Trinajstić information content (AvgIpc) is 3.75. The molecule has 0 bridgehead atoms. The highest BCUT2D eigenvalue weighted by atomic mass is 15.2. The maximum absolute atomic E-state index is 5.32. The first kappa shape index (κ1) is 40.3. The van der Waals surface area contributed by atoms with Crippen molar-refractivity contribution in [1.82, 2.24) is 19.5 Å². The van der Waals surface area contributed by atoms with Crippen LogP contribution >= 0.6 is 0 Å². The summed E-state index contributed by atoms with van der Waals surface area (Å²) >= 11 is 0. The fourth-order valence-electron chi connectivity index (χ4n) is 9.26. The molecule has 68 heavy (non-hydrogen) atoms. The Bertz CT molecular complexity index is 3630. The summed E-state index contributed by atoms with van der Waals surface area (Å²) < 4.78 is 2.23. The highest BCUT2D eigenvalue weighted by molar-refractivity contribution is 6.11. The molecule has 0 radical (unpaired) electrons. The summed E-state index contributed by atoms with van der Waals surface area (Å²) in [4.78, 5) is 18.1. The molecule has 12 aromatic rings. The first-order valence-electron chi connectivity index (χ1n) is 22.9. The van der Waals surface area contributed by atoms with Crippen molar-refractivity contribution in [3.05, 3.63) is 261 Å². The quantitative estimate of drug-likeness (QED) is 0.137. The van der Waals surface area contributed by atoms with E-state index in [1.165, 1.54) is 16.7 Å². The molecule has 0 aliphatic carbocycles. The van der Waals surface area contributed by atoms with E-state index in [1.807, 2.05) is 36.4 Å². The number of aromatic nitrogens is 4. The zero-order valence-corrected chi connectivity index (χ0v) is 37.1. The smallest absolute Gasteiger partial charge is 0.238 e. The minimum atomic E-state index is 0.538. The molecule has 2 heterocycles. The third-order valence-electron chi connectivity index (χ3n) is 12.7. The van der Waals surface area contributed by atoms with Crippen LogP contribution in [0.4, 0.5) is 17.1 Å². The van der Waals surface area contributed by atoms with E-state index in [2.05, 4.69) is 234 Å². The van der Waals surface area contributed by atoms with Gasteiger partial charge in [-0.05, 0) is 87.0 Å². The van der Waals surface area contributed by atoms with E-state index in [-0.39, 0.29) is 0 Å². The molecule has 5 nitrogen and oxygen atoms in total. The Morgan fingerprint density at radius 3 is 1.13 bits per heavy atom. The number of rotatable bonds is 10. The van der Waals surface area contributed by atoms with E-state index in [9.17, 15) is 0 Å². The Labute approximate surface area is 395 Å². The molecule has 2 aromatic heterocycles.